The summed E-state index contributed by atoms with van der Waals surface area (Å²) < 4.78 is 17.4. The molecule has 4 heteroatoms. The minimum atomic E-state index is -0.0898. The number of rotatable bonds is 6. The fourth-order valence-corrected chi connectivity index (χ4v) is 3.74. The number of nitrogens with zero attached hydrogens (tertiary/aromatic N) is 1. The lowest BCUT2D eigenvalue weighted by atomic mass is 9.88. The maximum atomic E-state index is 6.21. The Morgan fingerprint density at radius 3 is 2.30 bits per heavy atom. The molecule has 0 amide bonds. The molecule has 1 heterocycles. The molecule has 1 fully saturated rings. The molecule has 2 unspecified atom stereocenters. The van der Waals surface area contributed by atoms with Crippen LogP contribution in [0.2, 0.25) is 0 Å². The van der Waals surface area contributed by atoms with Crippen molar-refractivity contribution in [3.8, 4) is 11.5 Å². The number of ether oxygens (including phenoxy) is 3. The van der Waals surface area contributed by atoms with Crippen LogP contribution in [-0.2, 0) is 11.2 Å². The molecule has 4 nitrogen and oxygen atoms in total. The zero-order valence-corrected chi connectivity index (χ0v) is 17.3. The first-order chi connectivity index (χ1) is 12.9. The minimum Gasteiger partial charge on any atom is -0.493 e. The zero-order chi connectivity index (χ0) is 19.6. The van der Waals surface area contributed by atoms with E-state index in [9.17, 15) is 0 Å². The highest BCUT2D eigenvalue weighted by Crippen LogP contribution is 2.43. The molecule has 0 saturated carbocycles. The highest BCUT2D eigenvalue weighted by atomic mass is 16.5. The topological polar surface area (TPSA) is 30.9 Å². The van der Waals surface area contributed by atoms with Crippen molar-refractivity contribution < 1.29 is 14.2 Å². The Bertz CT molecular complexity index is 773. The quantitative estimate of drug-likeness (QED) is 0.733. The van der Waals surface area contributed by atoms with E-state index in [2.05, 4.69) is 75.2 Å². The molecule has 0 aliphatic carbocycles. The van der Waals surface area contributed by atoms with Crippen LogP contribution in [0.1, 0.15) is 49.6 Å². The van der Waals surface area contributed by atoms with Crippen LogP contribution in [0, 0.1) is 0 Å². The number of methoxy groups -OCH3 is 2. The first-order valence-corrected chi connectivity index (χ1v) is 9.51. The van der Waals surface area contributed by atoms with Crippen molar-refractivity contribution in [2.24, 2.45) is 0 Å². The average molecular weight is 370 g/mol. The second-order valence-electron chi connectivity index (χ2n) is 8.01. The molecular formula is C23H31NO3. The van der Waals surface area contributed by atoms with E-state index in [1.54, 1.807) is 14.2 Å². The monoisotopic (exact) mass is 369 g/mol. The van der Waals surface area contributed by atoms with Crippen molar-refractivity contribution in [2.45, 2.75) is 44.9 Å². The van der Waals surface area contributed by atoms with Gasteiger partial charge in [0.05, 0.1) is 20.8 Å². The van der Waals surface area contributed by atoms with E-state index in [1.165, 1.54) is 11.1 Å². The lowest BCUT2D eigenvalue weighted by Crippen LogP contribution is -2.38. The van der Waals surface area contributed by atoms with Crippen molar-refractivity contribution in [1.82, 2.24) is 4.90 Å². The van der Waals surface area contributed by atoms with Gasteiger partial charge in [-0.25, -0.2) is 0 Å². The van der Waals surface area contributed by atoms with Crippen LogP contribution in [0.25, 0.3) is 0 Å². The third kappa shape index (κ3) is 3.97. The summed E-state index contributed by atoms with van der Waals surface area (Å²) in [6.45, 7) is 7.38. The van der Waals surface area contributed by atoms with Crippen LogP contribution in [0.4, 0.5) is 0 Å². The van der Waals surface area contributed by atoms with E-state index in [0.29, 0.717) is 12.5 Å². The standard InChI is InChI=1S/C23H31NO3/c1-16(12-17-10-8-7-9-11-17)18-13-20(25-5)21(26-6)14-19(18)22-24(4)23(2,3)15-27-22/h7-11,13-14,16,22H,12,15H2,1-6H3. The predicted octanol–water partition coefficient (Wildman–Crippen LogP) is 4.79. The van der Waals surface area contributed by atoms with Crippen LogP contribution in [0.5, 0.6) is 11.5 Å². The second kappa shape index (κ2) is 7.91. The third-order valence-corrected chi connectivity index (χ3v) is 5.67. The Hall–Kier alpha value is -2.04. The zero-order valence-electron chi connectivity index (χ0n) is 17.3. The van der Waals surface area contributed by atoms with E-state index in [1.807, 2.05) is 0 Å². The predicted molar refractivity (Wildman–Crippen MR) is 109 cm³/mol. The van der Waals surface area contributed by atoms with E-state index in [4.69, 9.17) is 14.2 Å². The molecule has 0 N–H and O–H groups in total. The Morgan fingerprint density at radius 2 is 1.74 bits per heavy atom. The Kier molecular flexibility index (Phi) is 5.78. The van der Waals surface area contributed by atoms with Crippen molar-refractivity contribution >= 4 is 0 Å². The Morgan fingerprint density at radius 1 is 1.11 bits per heavy atom. The van der Waals surface area contributed by atoms with Crippen molar-refractivity contribution in [3.05, 3.63) is 59.2 Å². The largest absolute Gasteiger partial charge is 0.493 e. The summed E-state index contributed by atoms with van der Waals surface area (Å²) in [5.41, 5.74) is 3.72. The van der Waals surface area contributed by atoms with Gasteiger partial charge < -0.3 is 14.2 Å². The SMILES string of the molecule is COc1cc(C(C)Cc2ccccc2)c(C2OCC(C)(C)N2C)cc1OC. The summed E-state index contributed by atoms with van der Waals surface area (Å²) in [6.07, 6.45) is 0.872. The van der Waals surface area contributed by atoms with Gasteiger partial charge >= 0.3 is 0 Å². The van der Waals surface area contributed by atoms with E-state index >= 15 is 0 Å². The van der Waals surface area contributed by atoms with E-state index in [-0.39, 0.29) is 11.8 Å². The maximum Gasteiger partial charge on any atom is 0.161 e. The van der Waals surface area contributed by atoms with Crippen molar-refractivity contribution in [3.63, 3.8) is 0 Å². The summed E-state index contributed by atoms with van der Waals surface area (Å²) in [5, 5.41) is 0. The first-order valence-electron chi connectivity index (χ1n) is 9.51. The molecule has 2 aromatic carbocycles. The molecule has 1 aliphatic heterocycles. The molecule has 2 aromatic rings. The van der Waals surface area contributed by atoms with Crippen molar-refractivity contribution in [2.75, 3.05) is 27.9 Å². The fourth-order valence-electron chi connectivity index (χ4n) is 3.74. The molecule has 27 heavy (non-hydrogen) atoms. The molecule has 1 aliphatic rings. The number of hydrogen-bond donors (Lipinski definition) is 0. The molecule has 146 valence electrons. The third-order valence-electron chi connectivity index (χ3n) is 5.67. The summed E-state index contributed by atoms with van der Waals surface area (Å²) >= 11 is 0. The summed E-state index contributed by atoms with van der Waals surface area (Å²) in [7, 11) is 5.49. The van der Waals surface area contributed by atoms with Gasteiger partial charge in [0.1, 0.15) is 6.23 Å². The van der Waals surface area contributed by atoms with Crippen LogP contribution in [0.3, 0.4) is 0 Å². The smallest absolute Gasteiger partial charge is 0.161 e. The Labute approximate surface area is 163 Å². The summed E-state index contributed by atoms with van der Waals surface area (Å²) in [6, 6.07) is 14.8. The van der Waals surface area contributed by atoms with Crippen LogP contribution >= 0.6 is 0 Å². The van der Waals surface area contributed by atoms with Gasteiger partial charge in [-0.05, 0) is 56.5 Å². The average Bonchev–Trinajstić information content (AvgIpc) is 2.94. The molecule has 0 radical (unpaired) electrons. The van der Waals surface area contributed by atoms with Crippen molar-refractivity contribution in [1.29, 1.82) is 0 Å². The van der Waals surface area contributed by atoms with Crippen LogP contribution in [0.15, 0.2) is 42.5 Å². The molecular weight excluding hydrogens is 338 g/mol. The normalized spacial score (nSPS) is 20.4. The minimum absolute atomic E-state index is 0.00221. The molecule has 3 rings (SSSR count). The molecule has 0 spiro atoms. The first kappa shape index (κ1) is 19.7. The van der Waals surface area contributed by atoms with Gasteiger partial charge in [0.25, 0.3) is 0 Å². The lowest BCUT2D eigenvalue weighted by molar-refractivity contribution is 0.0387. The van der Waals surface area contributed by atoms with Gasteiger partial charge in [-0.1, -0.05) is 37.3 Å². The molecule has 0 aromatic heterocycles. The van der Waals surface area contributed by atoms with Gasteiger partial charge in [0.2, 0.25) is 0 Å². The number of benzene rings is 2. The van der Waals surface area contributed by atoms with Gasteiger partial charge in [0, 0.05) is 11.1 Å². The van der Waals surface area contributed by atoms with Gasteiger partial charge in [-0.2, -0.15) is 0 Å². The molecule has 1 saturated heterocycles. The maximum absolute atomic E-state index is 6.21. The van der Waals surface area contributed by atoms with Gasteiger partial charge in [0.15, 0.2) is 11.5 Å². The highest BCUT2D eigenvalue weighted by molar-refractivity contribution is 5.50. The van der Waals surface area contributed by atoms with E-state index in [0.717, 1.165) is 23.5 Å². The van der Waals surface area contributed by atoms with E-state index < -0.39 is 0 Å². The van der Waals surface area contributed by atoms with Crippen LogP contribution < -0.4 is 9.47 Å². The molecule has 2 atom stereocenters. The van der Waals surface area contributed by atoms with Gasteiger partial charge in [-0.15, -0.1) is 0 Å². The molecule has 0 bridgehead atoms. The number of hydrogen-bond acceptors (Lipinski definition) is 4. The van der Waals surface area contributed by atoms with Gasteiger partial charge in [-0.3, -0.25) is 4.90 Å². The highest BCUT2D eigenvalue weighted by Gasteiger charge is 2.40. The Balaban J connectivity index is 2.02. The second-order valence-corrected chi connectivity index (χ2v) is 8.01. The summed E-state index contributed by atoms with van der Waals surface area (Å²) in [5.74, 6) is 1.82. The number of likely N-dealkylation sites (N-methyl/N-ethyl adjacent to an activating group) is 1. The van der Waals surface area contributed by atoms with Crippen LogP contribution in [-0.4, -0.2) is 38.3 Å². The fraction of sp³-hybridized carbons (Fsp3) is 0.478. The lowest BCUT2D eigenvalue weighted by Gasteiger charge is -2.31. The summed E-state index contributed by atoms with van der Waals surface area (Å²) in [4.78, 5) is 2.30.